The van der Waals surface area contributed by atoms with Crippen LogP contribution in [0.5, 0.6) is 5.75 Å². The van der Waals surface area contributed by atoms with Gasteiger partial charge in [0.05, 0.1) is 24.2 Å². The van der Waals surface area contributed by atoms with Crippen LogP contribution in [0, 0.1) is 10.1 Å². The van der Waals surface area contributed by atoms with Crippen molar-refractivity contribution in [3.8, 4) is 5.75 Å². The average Bonchev–Trinajstić information content (AvgIpc) is 2.72. The number of methoxy groups -OCH3 is 2. The molecule has 0 aliphatic carbocycles. The molecule has 0 spiro atoms. The third-order valence-corrected chi connectivity index (χ3v) is 3.74. The van der Waals surface area contributed by atoms with Gasteiger partial charge in [0.1, 0.15) is 12.4 Å². The molecule has 0 aliphatic rings. The summed E-state index contributed by atoms with van der Waals surface area (Å²) >= 11 is 0. The summed E-state index contributed by atoms with van der Waals surface area (Å²) < 4.78 is 14.9. The Bertz CT molecular complexity index is 850. The quantitative estimate of drug-likeness (QED) is 0.303. The van der Waals surface area contributed by atoms with Crippen molar-refractivity contribution < 1.29 is 28.7 Å². The molecule has 2 aromatic rings. The Labute approximate surface area is 161 Å². The number of esters is 1. The Morgan fingerprint density at radius 1 is 1.04 bits per heavy atom. The van der Waals surface area contributed by atoms with E-state index in [-0.39, 0.29) is 23.4 Å². The van der Waals surface area contributed by atoms with E-state index >= 15 is 0 Å². The van der Waals surface area contributed by atoms with E-state index in [0.29, 0.717) is 19.0 Å². The molecule has 1 N–H and O–H groups in total. The number of carbonyl (C=O) groups excluding carboxylic acids is 2. The van der Waals surface area contributed by atoms with E-state index in [1.807, 2.05) is 0 Å². The lowest BCUT2D eigenvalue weighted by Crippen LogP contribution is -2.23. The minimum atomic E-state index is -0.762. The van der Waals surface area contributed by atoms with Crippen LogP contribution in [-0.2, 0) is 16.0 Å². The molecule has 0 unspecified atom stereocenters. The molecule has 148 valence electrons. The number of hydrogen-bond donors (Lipinski definition) is 1. The Balaban J connectivity index is 2.05. The minimum Gasteiger partial charge on any atom is -0.491 e. The van der Waals surface area contributed by atoms with Gasteiger partial charge in [-0.3, -0.25) is 14.9 Å². The van der Waals surface area contributed by atoms with Gasteiger partial charge in [-0.1, -0.05) is 12.1 Å². The smallest absolute Gasteiger partial charge is 0.338 e. The SMILES string of the molecule is COCCOc1ccc(CNC(=O)c2cc(C(=O)OC)cc([N+](=O)[O-])c2)cc1. The Morgan fingerprint density at radius 3 is 2.32 bits per heavy atom. The number of ether oxygens (including phenoxy) is 3. The lowest BCUT2D eigenvalue weighted by molar-refractivity contribution is -0.384. The van der Waals surface area contributed by atoms with Crippen LogP contribution in [0.4, 0.5) is 5.69 Å². The van der Waals surface area contributed by atoms with Crippen molar-refractivity contribution in [3.63, 3.8) is 0 Å². The first-order chi connectivity index (χ1) is 13.4. The summed E-state index contributed by atoms with van der Waals surface area (Å²) in [6, 6.07) is 10.5. The molecule has 0 bridgehead atoms. The lowest BCUT2D eigenvalue weighted by Gasteiger charge is -2.09. The number of benzene rings is 2. The van der Waals surface area contributed by atoms with Gasteiger partial charge in [0.15, 0.2) is 0 Å². The fourth-order valence-electron chi connectivity index (χ4n) is 2.31. The van der Waals surface area contributed by atoms with E-state index < -0.39 is 16.8 Å². The highest BCUT2D eigenvalue weighted by Crippen LogP contribution is 2.18. The standard InChI is InChI=1S/C19H20N2O7/c1-26-7-8-28-17-5-3-13(4-6-17)12-20-18(22)14-9-15(19(23)27-2)11-16(10-14)21(24)25/h3-6,9-11H,7-8,12H2,1-2H3,(H,20,22). The number of hydrogen-bond acceptors (Lipinski definition) is 7. The van der Waals surface area contributed by atoms with Crippen molar-refractivity contribution in [2.24, 2.45) is 0 Å². The van der Waals surface area contributed by atoms with Crippen molar-refractivity contribution in [1.29, 1.82) is 0 Å². The molecule has 0 atom stereocenters. The second kappa shape index (κ2) is 10.0. The highest BCUT2D eigenvalue weighted by atomic mass is 16.6. The number of non-ortho nitro benzene ring substituents is 1. The molecule has 9 nitrogen and oxygen atoms in total. The molecule has 0 radical (unpaired) electrons. The average molecular weight is 388 g/mol. The van der Waals surface area contributed by atoms with Crippen molar-refractivity contribution >= 4 is 17.6 Å². The highest BCUT2D eigenvalue weighted by Gasteiger charge is 2.18. The normalized spacial score (nSPS) is 10.2. The summed E-state index contributed by atoms with van der Waals surface area (Å²) in [6.45, 7) is 1.11. The number of nitrogens with zero attached hydrogens (tertiary/aromatic N) is 1. The van der Waals surface area contributed by atoms with Gasteiger partial charge in [0.25, 0.3) is 11.6 Å². The van der Waals surface area contributed by atoms with Crippen LogP contribution in [0.2, 0.25) is 0 Å². The first kappa shape index (κ1) is 20.8. The van der Waals surface area contributed by atoms with E-state index in [4.69, 9.17) is 9.47 Å². The van der Waals surface area contributed by atoms with Gasteiger partial charge in [0.2, 0.25) is 0 Å². The van der Waals surface area contributed by atoms with Crippen molar-refractivity contribution in [2.45, 2.75) is 6.54 Å². The maximum Gasteiger partial charge on any atom is 0.338 e. The second-order valence-corrected chi connectivity index (χ2v) is 5.69. The predicted octanol–water partition coefficient (Wildman–Crippen LogP) is 2.34. The van der Waals surface area contributed by atoms with E-state index in [0.717, 1.165) is 24.8 Å². The summed E-state index contributed by atoms with van der Waals surface area (Å²) in [5.74, 6) is -0.635. The third-order valence-electron chi connectivity index (χ3n) is 3.74. The van der Waals surface area contributed by atoms with Crippen LogP contribution in [0.3, 0.4) is 0 Å². The van der Waals surface area contributed by atoms with Gasteiger partial charge >= 0.3 is 5.97 Å². The molecule has 2 aromatic carbocycles. The molecule has 0 aliphatic heterocycles. The number of carbonyl (C=O) groups is 2. The van der Waals surface area contributed by atoms with Crippen LogP contribution in [0.1, 0.15) is 26.3 Å². The maximum atomic E-state index is 12.4. The van der Waals surface area contributed by atoms with Crippen LogP contribution >= 0.6 is 0 Å². The van der Waals surface area contributed by atoms with Gasteiger partial charge in [-0.05, 0) is 23.8 Å². The van der Waals surface area contributed by atoms with E-state index in [1.54, 1.807) is 31.4 Å². The Kier molecular flexibility index (Phi) is 7.46. The molecule has 1 amide bonds. The zero-order valence-corrected chi connectivity index (χ0v) is 15.5. The van der Waals surface area contributed by atoms with E-state index in [9.17, 15) is 19.7 Å². The first-order valence-corrected chi connectivity index (χ1v) is 8.31. The number of amides is 1. The number of nitrogens with one attached hydrogen (secondary N) is 1. The molecule has 0 aromatic heterocycles. The third kappa shape index (κ3) is 5.78. The Morgan fingerprint density at radius 2 is 1.71 bits per heavy atom. The fraction of sp³-hybridized carbons (Fsp3) is 0.263. The monoisotopic (exact) mass is 388 g/mol. The van der Waals surface area contributed by atoms with Crippen LogP contribution in [-0.4, -0.2) is 44.2 Å². The summed E-state index contributed by atoms with van der Waals surface area (Å²) in [5, 5.41) is 13.7. The second-order valence-electron chi connectivity index (χ2n) is 5.69. The molecular formula is C19H20N2O7. The predicted molar refractivity (Wildman–Crippen MR) is 99.4 cm³/mol. The largest absolute Gasteiger partial charge is 0.491 e. The number of rotatable bonds is 9. The molecule has 0 heterocycles. The zero-order chi connectivity index (χ0) is 20.5. The van der Waals surface area contributed by atoms with Gasteiger partial charge in [-0.25, -0.2) is 4.79 Å². The van der Waals surface area contributed by atoms with Gasteiger partial charge < -0.3 is 19.5 Å². The highest BCUT2D eigenvalue weighted by molar-refractivity contribution is 5.98. The maximum absolute atomic E-state index is 12.4. The number of nitro groups is 1. The molecule has 0 saturated heterocycles. The summed E-state index contributed by atoms with van der Waals surface area (Å²) in [5.41, 5.74) is 0.366. The molecule has 0 saturated carbocycles. The number of nitro benzene ring substituents is 1. The van der Waals surface area contributed by atoms with E-state index in [1.165, 1.54) is 6.07 Å². The van der Waals surface area contributed by atoms with E-state index in [2.05, 4.69) is 10.1 Å². The van der Waals surface area contributed by atoms with Crippen molar-refractivity contribution in [3.05, 3.63) is 69.3 Å². The zero-order valence-electron chi connectivity index (χ0n) is 15.5. The molecular weight excluding hydrogens is 368 g/mol. The van der Waals surface area contributed by atoms with Gasteiger partial charge in [-0.15, -0.1) is 0 Å². The summed E-state index contributed by atoms with van der Waals surface area (Å²) in [4.78, 5) is 34.4. The molecule has 9 heteroatoms. The molecule has 28 heavy (non-hydrogen) atoms. The topological polar surface area (TPSA) is 117 Å². The van der Waals surface area contributed by atoms with Gasteiger partial charge in [-0.2, -0.15) is 0 Å². The van der Waals surface area contributed by atoms with Crippen molar-refractivity contribution in [2.75, 3.05) is 27.4 Å². The lowest BCUT2D eigenvalue weighted by atomic mass is 10.1. The molecule has 2 rings (SSSR count). The first-order valence-electron chi connectivity index (χ1n) is 8.31. The van der Waals surface area contributed by atoms with Crippen LogP contribution in [0.25, 0.3) is 0 Å². The van der Waals surface area contributed by atoms with Crippen molar-refractivity contribution in [1.82, 2.24) is 5.32 Å². The Hall–Kier alpha value is -3.46. The molecule has 0 fully saturated rings. The van der Waals surface area contributed by atoms with Crippen LogP contribution < -0.4 is 10.1 Å². The summed E-state index contributed by atoms with van der Waals surface area (Å²) in [6.07, 6.45) is 0. The minimum absolute atomic E-state index is 0.00545. The fourth-order valence-corrected chi connectivity index (χ4v) is 2.31. The van der Waals surface area contributed by atoms with Crippen LogP contribution in [0.15, 0.2) is 42.5 Å². The summed E-state index contributed by atoms with van der Waals surface area (Å²) in [7, 11) is 2.74. The van der Waals surface area contributed by atoms with Gasteiger partial charge in [0, 0.05) is 31.4 Å².